The first-order valence-electron chi connectivity index (χ1n) is 6.88. The van der Waals surface area contributed by atoms with Gasteiger partial charge in [-0.25, -0.2) is 4.79 Å². The van der Waals surface area contributed by atoms with Crippen LogP contribution in [0.4, 0.5) is 18.9 Å². The molecule has 24 heavy (non-hydrogen) atoms. The van der Waals surface area contributed by atoms with Gasteiger partial charge in [0.15, 0.2) is 0 Å². The predicted molar refractivity (Wildman–Crippen MR) is 83.6 cm³/mol. The molecule has 3 aromatic rings. The minimum Gasteiger partial charge on any atom is -0.478 e. The highest BCUT2D eigenvalue weighted by Gasteiger charge is 2.36. The smallest absolute Gasteiger partial charge is 0.417 e. The lowest BCUT2D eigenvalue weighted by atomic mass is 9.92. The molecule has 0 spiro atoms. The van der Waals surface area contributed by atoms with E-state index in [2.05, 4.69) is 4.98 Å². The summed E-state index contributed by atoms with van der Waals surface area (Å²) in [6, 6.07) is 9.65. The lowest BCUT2D eigenvalue weighted by Crippen LogP contribution is -2.12. The van der Waals surface area contributed by atoms with E-state index in [1.807, 2.05) is 0 Å². The van der Waals surface area contributed by atoms with Gasteiger partial charge in [-0.2, -0.15) is 13.2 Å². The van der Waals surface area contributed by atoms with Gasteiger partial charge in [0.2, 0.25) is 0 Å². The summed E-state index contributed by atoms with van der Waals surface area (Å²) >= 11 is 0. The number of aromatic nitrogens is 1. The number of rotatable bonds is 2. The summed E-state index contributed by atoms with van der Waals surface area (Å²) in [5.74, 6) is -1.39. The molecule has 1 aromatic heterocycles. The number of carboxylic acid groups (broad SMARTS) is 1. The summed E-state index contributed by atoms with van der Waals surface area (Å²) in [5, 5.41) is 9.63. The second kappa shape index (κ2) is 5.52. The van der Waals surface area contributed by atoms with Crippen molar-refractivity contribution in [2.75, 3.05) is 5.73 Å². The second-order valence-corrected chi connectivity index (χ2v) is 5.13. The number of carboxylic acids is 1. The minimum absolute atomic E-state index is 0.188. The molecule has 3 rings (SSSR count). The standard InChI is InChI=1S/C17H11F3N2O2/c18-17(19,20)12-6-5-11(16(23)24)15(21)14(12)10-7-8-22-13-4-2-1-3-9(10)13/h1-8H,21H2,(H,23,24). The number of nitrogens with zero attached hydrogens (tertiary/aromatic N) is 1. The van der Waals surface area contributed by atoms with Crippen LogP contribution in [0.3, 0.4) is 0 Å². The van der Waals surface area contributed by atoms with E-state index in [1.54, 1.807) is 24.3 Å². The monoisotopic (exact) mass is 332 g/mol. The number of anilines is 1. The average Bonchev–Trinajstić information content (AvgIpc) is 2.53. The zero-order valence-electron chi connectivity index (χ0n) is 12.1. The minimum atomic E-state index is -4.68. The maximum atomic E-state index is 13.4. The number of pyridine rings is 1. The molecule has 0 aliphatic rings. The largest absolute Gasteiger partial charge is 0.478 e. The molecule has 3 N–H and O–H groups in total. The summed E-state index contributed by atoms with van der Waals surface area (Å²) in [5.41, 5.74) is 4.35. The Bertz CT molecular complexity index is 947. The number of fused-ring (bicyclic) bond motifs is 1. The van der Waals surface area contributed by atoms with E-state index >= 15 is 0 Å². The van der Waals surface area contributed by atoms with Crippen molar-refractivity contribution < 1.29 is 23.1 Å². The number of hydrogen-bond acceptors (Lipinski definition) is 3. The van der Waals surface area contributed by atoms with Gasteiger partial charge in [0.05, 0.1) is 22.3 Å². The van der Waals surface area contributed by atoms with Gasteiger partial charge in [0.25, 0.3) is 0 Å². The van der Waals surface area contributed by atoms with Crippen LogP contribution in [0, 0.1) is 0 Å². The van der Waals surface area contributed by atoms with Crippen LogP contribution in [-0.4, -0.2) is 16.1 Å². The van der Waals surface area contributed by atoms with Crippen LogP contribution in [0.25, 0.3) is 22.0 Å². The van der Waals surface area contributed by atoms with E-state index in [0.29, 0.717) is 10.9 Å². The van der Waals surface area contributed by atoms with E-state index in [0.717, 1.165) is 12.1 Å². The number of para-hydroxylation sites is 1. The number of nitrogen functional groups attached to an aromatic ring is 1. The highest BCUT2D eigenvalue weighted by atomic mass is 19.4. The van der Waals surface area contributed by atoms with Gasteiger partial charge < -0.3 is 10.8 Å². The first-order chi connectivity index (χ1) is 11.3. The molecule has 0 aliphatic heterocycles. The molecule has 0 amide bonds. The molecule has 4 nitrogen and oxygen atoms in total. The van der Waals surface area contributed by atoms with E-state index in [1.165, 1.54) is 12.3 Å². The average molecular weight is 332 g/mol. The normalized spacial score (nSPS) is 11.6. The van der Waals surface area contributed by atoms with Crippen molar-refractivity contribution in [1.29, 1.82) is 0 Å². The number of benzene rings is 2. The van der Waals surface area contributed by atoms with E-state index in [9.17, 15) is 23.1 Å². The summed E-state index contributed by atoms with van der Waals surface area (Å²) in [6.07, 6.45) is -3.31. The van der Waals surface area contributed by atoms with Gasteiger partial charge in [0, 0.05) is 17.1 Å². The number of halogens is 3. The molecule has 0 fully saturated rings. The second-order valence-electron chi connectivity index (χ2n) is 5.13. The third-order valence-corrected chi connectivity index (χ3v) is 3.70. The molecule has 122 valence electrons. The van der Waals surface area contributed by atoms with Crippen LogP contribution in [0.5, 0.6) is 0 Å². The number of hydrogen-bond donors (Lipinski definition) is 2. The lowest BCUT2D eigenvalue weighted by molar-refractivity contribution is -0.137. The first kappa shape index (κ1) is 15.8. The van der Waals surface area contributed by atoms with Crippen LogP contribution in [-0.2, 0) is 6.18 Å². The van der Waals surface area contributed by atoms with Gasteiger partial charge in [-0.15, -0.1) is 0 Å². The van der Waals surface area contributed by atoms with Crippen LogP contribution < -0.4 is 5.73 Å². The fourth-order valence-electron chi connectivity index (χ4n) is 2.65. The molecule has 0 unspecified atom stereocenters. The molecule has 2 aromatic carbocycles. The topological polar surface area (TPSA) is 76.2 Å². The van der Waals surface area contributed by atoms with Gasteiger partial charge >= 0.3 is 12.1 Å². The van der Waals surface area contributed by atoms with Crippen molar-refractivity contribution in [2.45, 2.75) is 6.18 Å². The Morgan fingerprint density at radius 2 is 1.79 bits per heavy atom. The van der Waals surface area contributed by atoms with Crippen molar-refractivity contribution in [2.24, 2.45) is 0 Å². The van der Waals surface area contributed by atoms with Crippen molar-refractivity contribution in [3.8, 4) is 11.1 Å². The van der Waals surface area contributed by atoms with Gasteiger partial charge in [0.1, 0.15) is 0 Å². The van der Waals surface area contributed by atoms with Crippen LogP contribution in [0.15, 0.2) is 48.7 Å². The lowest BCUT2D eigenvalue weighted by Gasteiger charge is -2.18. The number of carbonyl (C=O) groups is 1. The quantitative estimate of drug-likeness (QED) is 0.690. The molecule has 0 bridgehead atoms. The Balaban J connectivity index is 2.44. The van der Waals surface area contributed by atoms with Crippen molar-refractivity contribution in [3.05, 3.63) is 59.8 Å². The molecule has 0 radical (unpaired) electrons. The fraction of sp³-hybridized carbons (Fsp3) is 0.0588. The highest BCUT2D eigenvalue weighted by molar-refractivity contribution is 6.04. The summed E-state index contributed by atoms with van der Waals surface area (Å²) in [6.45, 7) is 0. The van der Waals surface area contributed by atoms with Gasteiger partial charge in [-0.3, -0.25) is 4.98 Å². The Hall–Kier alpha value is -3.09. The molecular weight excluding hydrogens is 321 g/mol. The van der Waals surface area contributed by atoms with E-state index in [-0.39, 0.29) is 16.7 Å². The zero-order valence-corrected chi connectivity index (χ0v) is 12.1. The third-order valence-electron chi connectivity index (χ3n) is 3.70. The number of aromatic carboxylic acids is 1. The van der Waals surface area contributed by atoms with Crippen molar-refractivity contribution in [1.82, 2.24) is 4.98 Å². The maximum Gasteiger partial charge on any atom is 0.417 e. The summed E-state index contributed by atoms with van der Waals surface area (Å²) < 4.78 is 40.3. The molecule has 0 saturated heterocycles. The Morgan fingerprint density at radius 3 is 2.46 bits per heavy atom. The maximum absolute atomic E-state index is 13.4. The van der Waals surface area contributed by atoms with Crippen molar-refractivity contribution in [3.63, 3.8) is 0 Å². The third kappa shape index (κ3) is 2.54. The van der Waals surface area contributed by atoms with Gasteiger partial charge in [-0.05, 0) is 29.8 Å². The molecule has 7 heteroatoms. The van der Waals surface area contributed by atoms with Crippen LogP contribution in [0.1, 0.15) is 15.9 Å². The first-order valence-corrected chi connectivity index (χ1v) is 6.88. The van der Waals surface area contributed by atoms with E-state index < -0.39 is 23.4 Å². The molecule has 0 aliphatic carbocycles. The highest BCUT2D eigenvalue weighted by Crippen LogP contribution is 2.43. The predicted octanol–water partition coefficient (Wildman–Crippen LogP) is 4.20. The zero-order chi connectivity index (χ0) is 17.5. The SMILES string of the molecule is Nc1c(C(=O)O)ccc(C(F)(F)F)c1-c1ccnc2ccccc12. The summed E-state index contributed by atoms with van der Waals surface area (Å²) in [7, 11) is 0. The summed E-state index contributed by atoms with van der Waals surface area (Å²) in [4.78, 5) is 15.4. The number of alkyl halides is 3. The Morgan fingerprint density at radius 1 is 1.08 bits per heavy atom. The Kier molecular flexibility index (Phi) is 3.63. The molecule has 1 heterocycles. The fourth-order valence-corrected chi connectivity index (χ4v) is 2.65. The number of nitrogens with two attached hydrogens (primary N) is 1. The van der Waals surface area contributed by atoms with Crippen LogP contribution >= 0.6 is 0 Å². The van der Waals surface area contributed by atoms with E-state index in [4.69, 9.17) is 5.73 Å². The molecule has 0 saturated carbocycles. The molecular formula is C17H11F3N2O2. The Labute approximate surface area is 134 Å². The van der Waals surface area contributed by atoms with Crippen LogP contribution in [0.2, 0.25) is 0 Å². The van der Waals surface area contributed by atoms with Crippen molar-refractivity contribution >= 4 is 22.6 Å². The van der Waals surface area contributed by atoms with Gasteiger partial charge in [-0.1, -0.05) is 18.2 Å². The molecule has 0 atom stereocenters.